The van der Waals surface area contributed by atoms with Crippen molar-refractivity contribution in [3.63, 3.8) is 0 Å². The highest BCUT2D eigenvalue weighted by Gasteiger charge is 2.31. The molecule has 0 bridgehead atoms. The molecule has 0 atom stereocenters. The molecule has 0 aliphatic rings. The van der Waals surface area contributed by atoms with Crippen molar-refractivity contribution in [2.45, 2.75) is 6.18 Å². The first-order chi connectivity index (χ1) is 5.41. The second-order valence-corrected chi connectivity index (χ2v) is 2.08. The van der Waals surface area contributed by atoms with Gasteiger partial charge in [0.15, 0.2) is 5.75 Å². The molecule has 0 unspecified atom stereocenters. The molecule has 0 aliphatic heterocycles. The minimum atomic E-state index is -4.59. The van der Waals surface area contributed by atoms with Crippen LogP contribution in [0.3, 0.4) is 0 Å². The number of alkyl halides is 3. The van der Waals surface area contributed by atoms with Crippen molar-refractivity contribution in [2.24, 2.45) is 0 Å². The average Bonchev–Trinajstić information content (AvgIpc) is 1.92. The molecule has 3 nitrogen and oxygen atoms in total. The number of H-pyrrole nitrogens is 1. The van der Waals surface area contributed by atoms with Crippen LogP contribution in [0.4, 0.5) is 13.2 Å². The lowest BCUT2D eigenvalue weighted by Crippen LogP contribution is -2.15. The van der Waals surface area contributed by atoms with Crippen LogP contribution in [0.5, 0.6) is 5.75 Å². The Balaban J connectivity index is 3.23. The third kappa shape index (κ3) is 1.58. The van der Waals surface area contributed by atoms with Gasteiger partial charge in [-0.2, -0.15) is 13.2 Å². The molecule has 6 heteroatoms. The maximum Gasteiger partial charge on any atom is 0.431 e. The van der Waals surface area contributed by atoms with Gasteiger partial charge in [0.1, 0.15) is 5.69 Å². The fraction of sp³-hybridized carbons (Fsp3) is 0.167. The molecule has 0 amide bonds. The Hall–Kier alpha value is -1.46. The standard InChI is InChI=1S/C6H4F3NO2/c7-6(8,9)4-2-1-3(11)5(12)10-4/h1-2,11H,(H,10,12). The minimum absolute atomic E-state index is 0.594. The van der Waals surface area contributed by atoms with Crippen molar-refractivity contribution in [3.05, 3.63) is 28.2 Å². The molecule has 1 rings (SSSR count). The summed E-state index contributed by atoms with van der Waals surface area (Å²) in [6.07, 6.45) is -4.59. The summed E-state index contributed by atoms with van der Waals surface area (Å²) in [5.74, 6) is -0.733. The second-order valence-electron chi connectivity index (χ2n) is 2.08. The van der Waals surface area contributed by atoms with E-state index >= 15 is 0 Å². The Morgan fingerprint density at radius 2 is 1.92 bits per heavy atom. The van der Waals surface area contributed by atoms with Crippen LogP contribution in [-0.2, 0) is 6.18 Å². The lowest BCUT2D eigenvalue weighted by atomic mass is 10.3. The number of aromatic nitrogens is 1. The topological polar surface area (TPSA) is 53.1 Å². The summed E-state index contributed by atoms with van der Waals surface area (Å²) in [5.41, 5.74) is -2.32. The zero-order valence-corrected chi connectivity index (χ0v) is 5.64. The molecule has 1 heterocycles. The molecule has 12 heavy (non-hydrogen) atoms. The van der Waals surface area contributed by atoms with E-state index in [9.17, 15) is 18.0 Å². The number of rotatable bonds is 0. The third-order valence-corrected chi connectivity index (χ3v) is 1.19. The molecule has 0 fully saturated rings. The summed E-state index contributed by atoms with van der Waals surface area (Å²) in [5, 5.41) is 8.60. The van der Waals surface area contributed by atoms with Gasteiger partial charge in [-0.3, -0.25) is 4.79 Å². The molecule has 1 aromatic rings. The third-order valence-electron chi connectivity index (χ3n) is 1.19. The lowest BCUT2D eigenvalue weighted by Gasteiger charge is -2.04. The molecular formula is C6H4F3NO2. The van der Waals surface area contributed by atoms with Crippen LogP contribution in [-0.4, -0.2) is 10.1 Å². The zero-order valence-electron chi connectivity index (χ0n) is 5.64. The van der Waals surface area contributed by atoms with Gasteiger partial charge in [-0.15, -0.1) is 0 Å². The van der Waals surface area contributed by atoms with Gasteiger partial charge in [-0.1, -0.05) is 0 Å². The van der Waals surface area contributed by atoms with E-state index in [2.05, 4.69) is 0 Å². The number of aromatic amines is 1. The molecule has 2 N–H and O–H groups in total. The van der Waals surface area contributed by atoms with Gasteiger partial charge in [0.25, 0.3) is 5.56 Å². The summed E-state index contributed by atoms with van der Waals surface area (Å²) < 4.78 is 35.5. The maximum atomic E-state index is 11.8. The van der Waals surface area contributed by atoms with E-state index in [0.717, 1.165) is 0 Å². The average molecular weight is 179 g/mol. The van der Waals surface area contributed by atoms with Gasteiger partial charge >= 0.3 is 6.18 Å². The van der Waals surface area contributed by atoms with Crippen LogP contribution in [0.2, 0.25) is 0 Å². The van der Waals surface area contributed by atoms with Gasteiger partial charge in [-0.25, -0.2) is 0 Å². The van der Waals surface area contributed by atoms with Crippen LogP contribution >= 0.6 is 0 Å². The Bertz CT molecular complexity index is 341. The van der Waals surface area contributed by atoms with E-state index in [4.69, 9.17) is 5.11 Å². The first-order valence-electron chi connectivity index (χ1n) is 2.91. The number of nitrogens with one attached hydrogen (secondary N) is 1. The van der Waals surface area contributed by atoms with Crippen LogP contribution in [0.1, 0.15) is 5.69 Å². The highest BCUT2D eigenvalue weighted by molar-refractivity contribution is 5.19. The molecule has 0 radical (unpaired) electrons. The van der Waals surface area contributed by atoms with Crippen molar-refractivity contribution < 1.29 is 18.3 Å². The minimum Gasteiger partial charge on any atom is -0.503 e. The summed E-state index contributed by atoms with van der Waals surface area (Å²) >= 11 is 0. The second kappa shape index (κ2) is 2.54. The number of pyridine rings is 1. The summed E-state index contributed by atoms with van der Waals surface area (Å²) in [6.45, 7) is 0. The summed E-state index contributed by atoms with van der Waals surface area (Å²) in [4.78, 5) is 12.0. The predicted octanol–water partition coefficient (Wildman–Crippen LogP) is 1.10. The largest absolute Gasteiger partial charge is 0.503 e. The number of aromatic hydroxyl groups is 1. The van der Waals surface area contributed by atoms with Gasteiger partial charge in [0.2, 0.25) is 0 Å². The summed E-state index contributed by atoms with van der Waals surface area (Å²) in [7, 11) is 0. The number of hydrogen-bond acceptors (Lipinski definition) is 2. The molecule has 0 aromatic carbocycles. The monoisotopic (exact) mass is 179 g/mol. The molecule has 0 saturated heterocycles. The molecule has 0 saturated carbocycles. The lowest BCUT2D eigenvalue weighted by molar-refractivity contribution is -0.141. The van der Waals surface area contributed by atoms with Crippen LogP contribution in [0.15, 0.2) is 16.9 Å². The van der Waals surface area contributed by atoms with Crippen molar-refractivity contribution in [1.82, 2.24) is 4.98 Å². The quantitative estimate of drug-likeness (QED) is 0.626. The van der Waals surface area contributed by atoms with Gasteiger partial charge in [0.05, 0.1) is 0 Å². The maximum absolute atomic E-state index is 11.8. The Labute approximate surface area is 64.5 Å². The Morgan fingerprint density at radius 1 is 1.33 bits per heavy atom. The van der Waals surface area contributed by atoms with E-state index in [1.165, 1.54) is 4.98 Å². The fourth-order valence-corrected chi connectivity index (χ4v) is 0.631. The van der Waals surface area contributed by atoms with E-state index in [0.29, 0.717) is 12.1 Å². The van der Waals surface area contributed by atoms with Crippen molar-refractivity contribution in [3.8, 4) is 5.75 Å². The number of halogens is 3. The van der Waals surface area contributed by atoms with Gasteiger partial charge in [-0.05, 0) is 12.1 Å². The number of hydrogen-bond donors (Lipinski definition) is 2. The molecule has 66 valence electrons. The van der Waals surface area contributed by atoms with Gasteiger partial charge < -0.3 is 10.1 Å². The van der Waals surface area contributed by atoms with Crippen LogP contribution in [0, 0.1) is 0 Å². The van der Waals surface area contributed by atoms with Crippen LogP contribution < -0.4 is 5.56 Å². The highest BCUT2D eigenvalue weighted by Crippen LogP contribution is 2.26. The van der Waals surface area contributed by atoms with E-state index in [1.54, 1.807) is 0 Å². The van der Waals surface area contributed by atoms with E-state index in [-0.39, 0.29) is 0 Å². The molecule has 0 aliphatic carbocycles. The normalized spacial score (nSPS) is 11.6. The molecular weight excluding hydrogens is 175 g/mol. The SMILES string of the molecule is O=c1[nH]c(C(F)(F)F)ccc1O. The van der Waals surface area contributed by atoms with Crippen molar-refractivity contribution in [2.75, 3.05) is 0 Å². The van der Waals surface area contributed by atoms with E-state index < -0.39 is 23.2 Å². The zero-order chi connectivity index (χ0) is 9.35. The Morgan fingerprint density at radius 3 is 2.33 bits per heavy atom. The molecule has 0 spiro atoms. The van der Waals surface area contributed by atoms with Crippen LogP contribution in [0.25, 0.3) is 0 Å². The highest BCUT2D eigenvalue weighted by atomic mass is 19.4. The predicted molar refractivity (Wildman–Crippen MR) is 33.7 cm³/mol. The summed E-state index contributed by atoms with van der Waals surface area (Å²) in [6, 6.07) is 1.29. The van der Waals surface area contributed by atoms with Crippen molar-refractivity contribution >= 4 is 0 Å². The van der Waals surface area contributed by atoms with Gasteiger partial charge in [0, 0.05) is 0 Å². The first-order valence-corrected chi connectivity index (χ1v) is 2.91. The van der Waals surface area contributed by atoms with Crippen molar-refractivity contribution in [1.29, 1.82) is 0 Å². The first kappa shape index (κ1) is 8.63. The molecule has 1 aromatic heterocycles. The Kier molecular flexibility index (Phi) is 1.83. The smallest absolute Gasteiger partial charge is 0.431 e. The van der Waals surface area contributed by atoms with E-state index in [1.807, 2.05) is 0 Å². The fourth-order valence-electron chi connectivity index (χ4n) is 0.631.